The summed E-state index contributed by atoms with van der Waals surface area (Å²) in [5.74, 6) is -0.435. The molecule has 3 heteroatoms. The second-order valence-electron chi connectivity index (χ2n) is 4.79. The van der Waals surface area contributed by atoms with Crippen LogP contribution in [0.2, 0.25) is 0 Å². The topological polar surface area (TPSA) is 56.0 Å². The Labute approximate surface area is 117 Å². The first-order valence-electron chi connectivity index (χ1n) is 6.42. The average Bonchev–Trinajstić information content (AvgIpc) is 2.47. The largest absolute Gasteiger partial charge is 0.366 e. The van der Waals surface area contributed by atoms with Crippen LogP contribution in [0, 0.1) is 6.92 Å². The van der Waals surface area contributed by atoms with Crippen molar-refractivity contribution in [3.63, 3.8) is 0 Å². The normalized spacial score (nSPS) is 10.7. The lowest BCUT2D eigenvalue weighted by Gasteiger charge is -2.08. The number of hydrogen-bond acceptors (Lipinski definition) is 2. The van der Waals surface area contributed by atoms with E-state index in [1.807, 2.05) is 43.3 Å². The van der Waals surface area contributed by atoms with Gasteiger partial charge in [-0.3, -0.25) is 4.79 Å². The third kappa shape index (κ3) is 2.14. The molecule has 2 N–H and O–H groups in total. The molecule has 0 unspecified atom stereocenters. The first kappa shape index (κ1) is 12.4. The highest BCUT2D eigenvalue weighted by Crippen LogP contribution is 2.25. The van der Waals surface area contributed by atoms with Gasteiger partial charge in [0.2, 0.25) is 5.91 Å². The fourth-order valence-corrected chi connectivity index (χ4v) is 2.31. The van der Waals surface area contributed by atoms with Gasteiger partial charge in [-0.05, 0) is 30.7 Å². The van der Waals surface area contributed by atoms with Crippen molar-refractivity contribution in [1.29, 1.82) is 0 Å². The van der Waals surface area contributed by atoms with Crippen LogP contribution in [0.5, 0.6) is 0 Å². The lowest BCUT2D eigenvalue weighted by atomic mass is 10.0. The SMILES string of the molecule is Cc1cc2ccc(C(N)=O)cc2nc1-c1ccccc1. The van der Waals surface area contributed by atoms with E-state index >= 15 is 0 Å². The van der Waals surface area contributed by atoms with Crippen LogP contribution in [0.25, 0.3) is 22.2 Å². The summed E-state index contributed by atoms with van der Waals surface area (Å²) in [6.07, 6.45) is 0. The van der Waals surface area contributed by atoms with Gasteiger partial charge in [-0.2, -0.15) is 0 Å². The summed E-state index contributed by atoms with van der Waals surface area (Å²) in [4.78, 5) is 15.9. The Morgan fingerprint density at radius 1 is 1.05 bits per heavy atom. The van der Waals surface area contributed by atoms with E-state index < -0.39 is 5.91 Å². The van der Waals surface area contributed by atoms with Gasteiger partial charge in [0.15, 0.2) is 0 Å². The molecule has 0 aliphatic heterocycles. The fourth-order valence-electron chi connectivity index (χ4n) is 2.31. The second-order valence-corrected chi connectivity index (χ2v) is 4.79. The highest BCUT2D eigenvalue weighted by molar-refractivity contribution is 5.97. The average molecular weight is 262 g/mol. The number of benzene rings is 2. The Balaban J connectivity index is 2.23. The van der Waals surface area contributed by atoms with Crippen molar-refractivity contribution >= 4 is 16.8 Å². The third-order valence-electron chi connectivity index (χ3n) is 3.34. The molecule has 3 rings (SSSR count). The Kier molecular flexibility index (Phi) is 2.95. The van der Waals surface area contributed by atoms with E-state index in [-0.39, 0.29) is 0 Å². The van der Waals surface area contributed by atoms with Gasteiger partial charge in [0.1, 0.15) is 0 Å². The monoisotopic (exact) mass is 262 g/mol. The summed E-state index contributed by atoms with van der Waals surface area (Å²) in [5.41, 5.74) is 9.68. The van der Waals surface area contributed by atoms with Crippen LogP contribution in [0.4, 0.5) is 0 Å². The minimum absolute atomic E-state index is 0.435. The summed E-state index contributed by atoms with van der Waals surface area (Å²) in [5, 5.41) is 1.01. The molecule has 3 nitrogen and oxygen atoms in total. The number of carbonyl (C=O) groups excluding carboxylic acids is 1. The van der Waals surface area contributed by atoms with Gasteiger partial charge in [-0.25, -0.2) is 4.98 Å². The minimum Gasteiger partial charge on any atom is -0.366 e. The molecule has 98 valence electrons. The van der Waals surface area contributed by atoms with Crippen LogP contribution >= 0.6 is 0 Å². The van der Waals surface area contributed by atoms with Crippen molar-refractivity contribution < 1.29 is 4.79 Å². The van der Waals surface area contributed by atoms with Crippen molar-refractivity contribution in [3.05, 3.63) is 65.7 Å². The number of aryl methyl sites for hydroxylation is 1. The molecule has 3 aromatic rings. The van der Waals surface area contributed by atoms with Crippen LogP contribution in [-0.4, -0.2) is 10.9 Å². The Hall–Kier alpha value is -2.68. The standard InChI is InChI=1S/C17H14N2O/c1-11-9-13-7-8-14(17(18)20)10-15(13)19-16(11)12-5-3-2-4-6-12/h2-10H,1H3,(H2,18,20). The molecule has 1 amide bonds. The first-order chi connectivity index (χ1) is 9.65. The van der Waals surface area contributed by atoms with Crippen molar-refractivity contribution in [2.24, 2.45) is 5.73 Å². The Bertz CT molecular complexity index is 795. The minimum atomic E-state index is -0.435. The van der Waals surface area contributed by atoms with E-state index in [4.69, 9.17) is 5.73 Å². The summed E-state index contributed by atoms with van der Waals surface area (Å²) >= 11 is 0. The van der Waals surface area contributed by atoms with Gasteiger partial charge in [0.25, 0.3) is 0 Å². The highest BCUT2D eigenvalue weighted by atomic mass is 16.1. The highest BCUT2D eigenvalue weighted by Gasteiger charge is 2.08. The Morgan fingerprint density at radius 3 is 2.50 bits per heavy atom. The van der Waals surface area contributed by atoms with Gasteiger partial charge in [-0.1, -0.05) is 36.4 Å². The smallest absolute Gasteiger partial charge is 0.248 e. The summed E-state index contributed by atoms with van der Waals surface area (Å²) < 4.78 is 0. The molecule has 0 aliphatic rings. The summed E-state index contributed by atoms with van der Waals surface area (Å²) in [6, 6.07) is 17.4. The Morgan fingerprint density at radius 2 is 1.80 bits per heavy atom. The van der Waals surface area contributed by atoms with Crippen LogP contribution < -0.4 is 5.73 Å². The van der Waals surface area contributed by atoms with Gasteiger partial charge < -0.3 is 5.73 Å². The molecule has 0 fully saturated rings. The lowest BCUT2D eigenvalue weighted by molar-refractivity contribution is 0.100. The molecule has 0 radical (unpaired) electrons. The fraction of sp³-hybridized carbons (Fsp3) is 0.0588. The van der Waals surface area contributed by atoms with Crippen molar-refractivity contribution in [3.8, 4) is 11.3 Å². The van der Waals surface area contributed by atoms with E-state index in [0.29, 0.717) is 5.56 Å². The molecule has 0 saturated heterocycles. The predicted molar refractivity (Wildman–Crippen MR) is 80.4 cm³/mol. The van der Waals surface area contributed by atoms with Crippen LogP contribution in [0.1, 0.15) is 15.9 Å². The quantitative estimate of drug-likeness (QED) is 0.770. The first-order valence-corrected chi connectivity index (χ1v) is 6.42. The van der Waals surface area contributed by atoms with E-state index in [1.165, 1.54) is 0 Å². The van der Waals surface area contributed by atoms with E-state index in [0.717, 1.165) is 27.7 Å². The molecule has 1 heterocycles. The van der Waals surface area contributed by atoms with E-state index in [9.17, 15) is 4.79 Å². The lowest BCUT2D eigenvalue weighted by Crippen LogP contribution is -2.10. The maximum atomic E-state index is 11.3. The van der Waals surface area contributed by atoms with E-state index in [2.05, 4.69) is 11.1 Å². The van der Waals surface area contributed by atoms with Crippen LogP contribution in [-0.2, 0) is 0 Å². The molecular formula is C17H14N2O. The summed E-state index contributed by atoms with van der Waals surface area (Å²) in [6.45, 7) is 2.04. The number of hydrogen-bond donors (Lipinski definition) is 1. The van der Waals surface area contributed by atoms with Gasteiger partial charge in [0.05, 0.1) is 11.2 Å². The zero-order valence-electron chi connectivity index (χ0n) is 11.1. The van der Waals surface area contributed by atoms with Gasteiger partial charge in [0, 0.05) is 16.5 Å². The number of carbonyl (C=O) groups is 1. The molecule has 0 atom stereocenters. The number of pyridine rings is 1. The maximum absolute atomic E-state index is 11.3. The van der Waals surface area contributed by atoms with Gasteiger partial charge >= 0.3 is 0 Å². The number of nitrogens with zero attached hydrogens (tertiary/aromatic N) is 1. The zero-order chi connectivity index (χ0) is 14.1. The van der Waals surface area contributed by atoms with Crippen LogP contribution in [0.15, 0.2) is 54.6 Å². The number of primary amides is 1. The zero-order valence-corrected chi connectivity index (χ0v) is 11.1. The molecule has 2 aromatic carbocycles. The van der Waals surface area contributed by atoms with Gasteiger partial charge in [-0.15, -0.1) is 0 Å². The number of nitrogens with two attached hydrogens (primary N) is 1. The molecule has 0 spiro atoms. The third-order valence-corrected chi connectivity index (χ3v) is 3.34. The summed E-state index contributed by atoms with van der Waals surface area (Å²) in [7, 11) is 0. The molecular weight excluding hydrogens is 248 g/mol. The van der Waals surface area contributed by atoms with E-state index in [1.54, 1.807) is 12.1 Å². The second kappa shape index (κ2) is 4.78. The van der Waals surface area contributed by atoms with Crippen molar-refractivity contribution in [1.82, 2.24) is 4.98 Å². The number of fused-ring (bicyclic) bond motifs is 1. The van der Waals surface area contributed by atoms with Crippen molar-refractivity contribution in [2.75, 3.05) is 0 Å². The molecule has 20 heavy (non-hydrogen) atoms. The molecule has 0 bridgehead atoms. The number of aromatic nitrogens is 1. The van der Waals surface area contributed by atoms with Crippen molar-refractivity contribution in [2.45, 2.75) is 6.92 Å². The molecule has 0 saturated carbocycles. The predicted octanol–water partition coefficient (Wildman–Crippen LogP) is 3.31. The maximum Gasteiger partial charge on any atom is 0.248 e. The molecule has 0 aliphatic carbocycles. The molecule has 1 aromatic heterocycles. The van der Waals surface area contributed by atoms with Crippen LogP contribution in [0.3, 0.4) is 0 Å². The number of rotatable bonds is 2. The number of amides is 1.